The van der Waals surface area contributed by atoms with Gasteiger partial charge >= 0.3 is 18.2 Å². The van der Waals surface area contributed by atoms with Crippen molar-refractivity contribution in [3.05, 3.63) is 59.3 Å². The molecule has 0 fully saturated rings. The maximum atomic E-state index is 14.7. The van der Waals surface area contributed by atoms with E-state index >= 15 is 0 Å². The number of amides is 4. The molecule has 188 valence electrons. The number of aryl methyl sites for hydroxylation is 1. The molecule has 0 saturated carbocycles. The summed E-state index contributed by atoms with van der Waals surface area (Å²) in [5, 5.41) is 7.26. The van der Waals surface area contributed by atoms with Crippen LogP contribution in [0.2, 0.25) is 0 Å². The third kappa shape index (κ3) is 4.82. The van der Waals surface area contributed by atoms with Gasteiger partial charge in [0, 0.05) is 32.1 Å². The predicted octanol–water partition coefficient (Wildman–Crippen LogP) is 4.60. The van der Waals surface area contributed by atoms with Crippen LogP contribution in [0, 0.1) is 12.7 Å². The molecular formula is C22H20F4N8O2. The summed E-state index contributed by atoms with van der Waals surface area (Å²) in [6.45, 7) is 1.69. The molecule has 2 aromatic heterocycles. The van der Waals surface area contributed by atoms with Crippen LogP contribution < -0.4 is 25.8 Å². The van der Waals surface area contributed by atoms with E-state index in [0.29, 0.717) is 40.8 Å². The minimum absolute atomic E-state index is 0.0938. The van der Waals surface area contributed by atoms with E-state index in [0.717, 1.165) is 12.3 Å². The van der Waals surface area contributed by atoms with Gasteiger partial charge in [-0.15, -0.1) is 0 Å². The topological polar surface area (TPSA) is 115 Å². The highest BCUT2D eigenvalue weighted by Gasteiger charge is 2.33. The van der Waals surface area contributed by atoms with E-state index < -0.39 is 29.6 Å². The molecule has 0 bridgehead atoms. The van der Waals surface area contributed by atoms with Crippen molar-refractivity contribution in [3.63, 3.8) is 0 Å². The first-order valence-electron chi connectivity index (χ1n) is 10.5. The van der Waals surface area contributed by atoms with Gasteiger partial charge in [-0.05, 0) is 30.7 Å². The fraction of sp³-hybridized carbons (Fsp3) is 0.227. The van der Waals surface area contributed by atoms with Gasteiger partial charge in [-0.1, -0.05) is 0 Å². The normalized spacial score (nSPS) is 13.4. The second kappa shape index (κ2) is 9.28. The number of pyridine rings is 1. The number of aromatic nitrogens is 3. The molecule has 4 rings (SSSR count). The molecule has 3 N–H and O–H groups in total. The Bertz CT molecular complexity index is 1350. The Balaban J connectivity index is 1.58. The Morgan fingerprint density at radius 3 is 2.56 bits per heavy atom. The lowest BCUT2D eigenvalue weighted by Crippen LogP contribution is -2.46. The van der Waals surface area contributed by atoms with Crippen LogP contribution in [0.1, 0.15) is 16.7 Å². The Kier molecular flexibility index (Phi) is 6.35. The van der Waals surface area contributed by atoms with Crippen molar-refractivity contribution in [2.75, 3.05) is 39.8 Å². The Hall–Kier alpha value is -4.49. The van der Waals surface area contributed by atoms with Gasteiger partial charge in [-0.3, -0.25) is 14.8 Å². The van der Waals surface area contributed by atoms with Crippen molar-refractivity contribution in [2.24, 2.45) is 0 Å². The van der Waals surface area contributed by atoms with Crippen LogP contribution in [-0.2, 0) is 12.7 Å². The number of carbonyl (C=O) groups excluding carboxylic acids is 2. The fourth-order valence-corrected chi connectivity index (χ4v) is 3.61. The highest BCUT2D eigenvalue weighted by atomic mass is 19.4. The molecule has 1 aliphatic heterocycles. The quantitative estimate of drug-likeness (QED) is 0.448. The zero-order chi connectivity index (χ0) is 26.2. The van der Waals surface area contributed by atoms with Crippen LogP contribution in [0.15, 0.2) is 36.8 Å². The molecule has 0 saturated heterocycles. The summed E-state index contributed by atoms with van der Waals surface area (Å²) in [5.74, 6) is -0.0372. The lowest BCUT2D eigenvalue weighted by atomic mass is 10.1. The molecular weight excluding hydrogens is 484 g/mol. The third-order valence-corrected chi connectivity index (χ3v) is 5.38. The number of halogens is 4. The summed E-state index contributed by atoms with van der Waals surface area (Å²) < 4.78 is 53.3. The summed E-state index contributed by atoms with van der Waals surface area (Å²) in [7, 11) is 3.18. The van der Waals surface area contributed by atoms with Crippen molar-refractivity contribution < 1.29 is 27.2 Å². The number of nitrogens with zero attached hydrogens (tertiary/aromatic N) is 5. The van der Waals surface area contributed by atoms with Crippen molar-refractivity contribution in [3.8, 4) is 0 Å². The molecule has 14 heteroatoms. The van der Waals surface area contributed by atoms with E-state index in [2.05, 4.69) is 30.9 Å². The monoisotopic (exact) mass is 504 g/mol. The number of urea groups is 2. The third-order valence-electron chi connectivity index (χ3n) is 5.38. The van der Waals surface area contributed by atoms with Gasteiger partial charge in [0.1, 0.15) is 11.6 Å². The molecule has 1 aromatic carbocycles. The van der Waals surface area contributed by atoms with Crippen molar-refractivity contribution >= 4 is 40.9 Å². The number of hydrogen-bond donors (Lipinski definition) is 3. The Labute approximate surface area is 202 Å². The van der Waals surface area contributed by atoms with Crippen LogP contribution in [0.3, 0.4) is 0 Å². The first-order chi connectivity index (χ1) is 17.0. The number of carbonyl (C=O) groups is 2. The second-order valence-corrected chi connectivity index (χ2v) is 7.88. The van der Waals surface area contributed by atoms with E-state index in [-0.39, 0.29) is 17.9 Å². The number of alkyl halides is 3. The number of benzene rings is 1. The predicted molar refractivity (Wildman–Crippen MR) is 125 cm³/mol. The number of hydrogen-bond acceptors (Lipinski definition) is 6. The lowest BCUT2D eigenvalue weighted by molar-refractivity contribution is -0.137. The molecule has 3 heterocycles. The van der Waals surface area contributed by atoms with Crippen LogP contribution >= 0.6 is 0 Å². The van der Waals surface area contributed by atoms with Gasteiger partial charge in [0.25, 0.3) is 0 Å². The second-order valence-electron chi connectivity index (χ2n) is 7.88. The van der Waals surface area contributed by atoms with Gasteiger partial charge < -0.3 is 16.0 Å². The molecule has 3 aromatic rings. The van der Waals surface area contributed by atoms with Gasteiger partial charge in [-0.25, -0.2) is 19.0 Å². The maximum Gasteiger partial charge on any atom is 0.417 e. The number of anilines is 5. The highest BCUT2D eigenvalue weighted by Crippen LogP contribution is 2.34. The molecule has 36 heavy (non-hydrogen) atoms. The zero-order valence-electron chi connectivity index (χ0n) is 19.2. The maximum absolute atomic E-state index is 14.7. The minimum atomic E-state index is -4.65. The van der Waals surface area contributed by atoms with E-state index in [1.165, 1.54) is 22.9 Å². The van der Waals surface area contributed by atoms with Gasteiger partial charge in [-0.2, -0.15) is 18.2 Å². The fourth-order valence-electron chi connectivity index (χ4n) is 3.61. The van der Waals surface area contributed by atoms with Gasteiger partial charge in [0.2, 0.25) is 5.95 Å². The summed E-state index contributed by atoms with van der Waals surface area (Å²) in [5.41, 5.74) is -0.199. The van der Waals surface area contributed by atoms with E-state index in [1.807, 2.05) is 0 Å². The van der Waals surface area contributed by atoms with Crippen LogP contribution in [0.4, 0.5) is 56.0 Å². The molecule has 0 spiro atoms. The first-order valence-corrected chi connectivity index (χ1v) is 10.5. The molecule has 0 atom stereocenters. The summed E-state index contributed by atoms with van der Waals surface area (Å²) >= 11 is 0. The number of fused-ring (bicyclic) bond motifs is 1. The van der Waals surface area contributed by atoms with Crippen LogP contribution in [0.5, 0.6) is 0 Å². The van der Waals surface area contributed by atoms with Crippen molar-refractivity contribution in [1.82, 2.24) is 15.0 Å². The first kappa shape index (κ1) is 24.6. The van der Waals surface area contributed by atoms with Gasteiger partial charge in [0.05, 0.1) is 35.4 Å². The Morgan fingerprint density at radius 2 is 1.86 bits per heavy atom. The summed E-state index contributed by atoms with van der Waals surface area (Å²) in [6.07, 6.45) is -1.44. The Morgan fingerprint density at radius 1 is 1.11 bits per heavy atom. The summed E-state index contributed by atoms with van der Waals surface area (Å²) in [6, 6.07) is 1.67. The zero-order valence-corrected chi connectivity index (χ0v) is 19.2. The van der Waals surface area contributed by atoms with E-state index in [1.54, 1.807) is 20.2 Å². The molecule has 0 aliphatic carbocycles. The summed E-state index contributed by atoms with van der Waals surface area (Å²) in [4.78, 5) is 40.1. The SMILES string of the molecule is CNc1ncc2c(n1)N(C)C(=O)N(c1cc(NC(=O)Nc3cncc(C(F)(F)F)c3)c(F)cc1C)C2. The standard InChI is InChI=1S/C22H20F4N8O2/c1-11-4-15(23)16(31-20(35)30-14-5-13(8-28-9-14)22(24,25)26)6-17(11)34-10-12-7-29-19(27-2)32-18(12)33(3)21(34)36/h4-9H,10H2,1-3H3,(H,27,29,32)(H2,30,31,35). The van der Waals surface area contributed by atoms with Crippen LogP contribution in [-0.4, -0.2) is 41.1 Å². The number of nitrogens with one attached hydrogen (secondary N) is 3. The highest BCUT2D eigenvalue weighted by molar-refractivity contribution is 6.06. The smallest absolute Gasteiger partial charge is 0.357 e. The average molecular weight is 504 g/mol. The van der Waals surface area contributed by atoms with E-state index in [9.17, 15) is 27.2 Å². The molecule has 0 radical (unpaired) electrons. The lowest BCUT2D eigenvalue weighted by Gasteiger charge is -2.35. The average Bonchev–Trinajstić information content (AvgIpc) is 2.82. The number of rotatable bonds is 4. The molecule has 10 nitrogen and oxygen atoms in total. The molecule has 0 unspecified atom stereocenters. The van der Waals surface area contributed by atoms with Crippen LogP contribution in [0.25, 0.3) is 0 Å². The van der Waals surface area contributed by atoms with Crippen molar-refractivity contribution in [2.45, 2.75) is 19.6 Å². The minimum Gasteiger partial charge on any atom is -0.357 e. The van der Waals surface area contributed by atoms with Crippen molar-refractivity contribution in [1.29, 1.82) is 0 Å². The molecule has 1 aliphatic rings. The van der Waals surface area contributed by atoms with E-state index in [4.69, 9.17) is 0 Å². The molecule has 4 amide bonds. The van der Waals surface area contributed by atoms with Gasteiger partial charge in [0.15, 0.2) is 0 Å². The largest absolute Gasteiger partial charge is 0.417 e.